The lowest BCUT2D eigenvalue weighted by molar-refractivity contribution is 0.0690. The summed E-state index contributed by atoms with van der Waals surface area (Å²) in [7, 11) is 0. The maximum Gasteiger partial charge on any atom is 0.357 e. The second-order valence-electron chi connectivity index (χ2n) is 3.55. The largest absolute Gasteiger partial charge is 0.476 e. The third-order valence-electron chi connectivity index (χ3n) is 2.44. The smallest absolute Gasteiger partial charge is 0.357 e. The number of nitrogens with zero attached hydrogens (tertiary/aromatic N) is 2. The number of rotatable bonds is 3. The molecular weight excluding hydrogens is 256 g/mol. The van der Waals surface area contributed by atoms with E-state index in [0.717, 1.165) is 4.68 Å². The normalized spacial score (nSPS) is 11.2. The van der Waals surface area contributed by atoms with Gasteiger partial charge in [0, 0.05) is 10.9 Å². The lowest BCUT2D eigenvalue weighted by Gasteiger charge is -2.06. The summed E-state index contributed by atoms with van der Waals surface area (Å²) >= 11 is 5.38. The highest BCUT2D eigenvalue weighted by molar-refractivity contribution is 6.25. The molecule has 2 rings (SSSR count). The zero-order valence-electron chi connectivity index (χ0n) is 9.21. The van der Waals surface area contributed by atoms with Crippen molar-refractivity contribution >= 4 is 28.3 Å². The first-order valence-electron chi connectivity index (χ1n) is 5.13. The van der Waals surface area contributed by atoms with Crippen molar-refractivity contribution in [1.29, 1.82) is 0 Å². The van der Waals surface area contributed by atoms with Crippen molar-refractivity contribution in [2.24, 2.45) is 0 Å². The molecule has 0 amide bonds. The number of aromatic carboxylic acids is 1. The molecule has 0 spiro atoms. The Hall–Kier alpha value is -2.14. The van der Waals surface area contributed by atoms with Crippen molar-refractivity contribution in [3.63, 3.8) is 0 Å². The number of hydrogen-bond acceptors (Lipinski definition) is 3. The third kappa shape index (κ3) is 2.12. The minimum atomic E-state index is -1.17. The summed E-state index contributed by atoms with van der Waals surface area (Å²) in [6, 6.07) is 6.48. The molecule has 1 heterocycles. The Morgan fingerprint density at radius 3 is 2.67 bits per heavy atom. The first kappa shape index (κ1) is 12.3. The quantitative estimate of drug-likeness (QED) is 0.918. The van der Waals surface area contributed by atoms with Crippen LogP contribution in [0.5, 0.6) is 0 Å². The highest BCUT2D eigenvalue weighted by Gasteiger charge is 2.14. The molecule has 1 N–H and O–H groups in total. The molecule has 0 atom stereocenters. The van der Waals surface area contributed by atoms with E-state index in [1.165, 1.54) is 11.6 Å². The summed E-state index contributed by atoms with van der Waals surface area (Å²) in [6.07, 6.45) is 1.51. The molecule has 2 aromatic rings. The fourth-order valence-corrected chi connectivity index (χ4v) is 1.74. The standard InChI is InChI=1S/C12H9ClN2O3/c13-6-3-7-15-11(16)9-5-2-1-4-8(9)10(14-15)12(17)18/h1-6H,7H2,(H,17,18)/b6-3+. The second kappa shape index (κ2) is 5.01. The van der Waals surface area contributed by atoms with E-state index in [4.69, 9.17) is 16.7 Å². The second-order valence-corrected chi connectivity index (χ2v) is 3.80. The van der Waals surface area contributed by atoms with Crippen molar-refractivity contribution < 1.29 is 9.90 Å². The molecule has 0 saturated carbocycles. The summed E-state index contributed by atoms with van der Waals surface area (Å²) in [6.45, 7) is 0.132. The Kier molecular flexibility index (Phi) is 3.43. The molecule has 6 heteroatoms. The van der Waals surface area contributed by atoms with Gasteiger partial charge in [-0.15, -0.1) is 0 Å². The summed E-state index contributed by atoms with van der Waals surface area (Å²) in [4.78, 5) is 23.2. The molecular formula is C12H9ClN2O3. The van der Waals surface area contributed by atoms with Crippen LogP contribution in [0.3, 0.4) is 0 Å². The summed E-state index contributed by atoms with van der Waals surface area (Å²) < 4.78 is 1.07. The minimum Gasteiger partial charge on any atom is -0.476 e. The molecule has 92 valence electrons. The van der Waals surface area contributed by atoms with Crippen molar-refractivity contribution in [3.05, 3.63) is 51.9 Å². The van der Waals surface area contributed by atoms with Gasteiger partial charge >= 0.3 is 5.97 Å². The van der Waals surface area contributed by atoms with Crippen LogP contribution in [0, 0.1) is 0 Å². The molecule has 1 aromatic carbocycles. The van der Waals surface area contributed by atoms with Gasteiger partial charge in [0.2, 0.25) is 0 Å². The Bertz CT molecular complexity index is 691. The lowest BCUT2D eigenvalue weighted by Crippen LogP contribution is -2.25. The average Bonchev–Trinajstić information content (AvgIpc) is 2.38. The minimum absolute atomic E-state index is 0.132. The Morgan fingerprint density at radius 1 is 1.39 bits per heavy atom. The number of benzene rings is 1. The van der Waals surface area contributed by atoms with Gasteiger partial charge in [-0.05, 0) is 6.07 Å². The molecule has 0 unspecified atom stereocenters. The molecule has 0 fully saturated rings. The van der Waals surface area contributed by atoms with E-state index in [9.17, 15) is 9.59 Å². The maximum atomic E-state index is 12.0. The zero-order valence-corrected chi connectivity index (χ0v) is 9.96. The van der Waals surface area contributed by atoms with Crippen LogP contribution < -0.4 is 5.56 Å². The average molecular weight is 265 g/mol. The van der Waals surface area contributed by atoms with Crippen molar-refractivity contribution in [3.8, 4) is 0 Å². The van der Waals surface area contributed by atoms with Crippen LogP contribution in [-0.4, -0.2) is 20.9 Å². The van der Waals surface area contributed by atoms with Crippen LogP contribution in [0.1, 0.15) is 10.5 Å². The van der Waals surface area contributed by atoms with E-state index in [1.807, 2.05) is 0 Å². The highest BCUT2D eigenvalue weighted by Crippen LogP contribution is 2.12. The van der Waals surface area contributed by atoms with Crippen LogP contribution in [0.2, 0.25) is 0 Å². The predicted octanol–water partition coefficient (Wildman–Crippen LogP) is 1.85. The SMILES string of the molecule is O=C(O)c1nn(C/C=C/Cl)c(=O)c2ccccc12. The molecule has 0 aliphatic carbocycles. The van der Waals surface area contributed by atoms with E-state index >= 15 is 0 Å². The van der Waals surface area contributed by atoms with E-state index in [1.54, 1.807) is 24.3 Å². The van der Waals surface area contributed by atoms with Crippen LogP contribution in [0.25, 0.3) is 10.8 Å². The number of carbonyl (C=O) groups is 1. The summed E-state index contributed by atoms with van der Waals surface area (Å²) in [5.74, 6) is -1.17. The van der Waals surface area contributed by atoms with E-state index in [-0.39, 0.29) is 17.8 Å². The first-order chi connectivity index (χ1) is 8.65. The van der Waals surface area contributed by atoms with Crippen molar-refractivity contribution in [2.45, 2.75) is 6.54 Å². The van der Waals surface area contributed by atoms with Crippen LogP contribution in [0.4, 0.5) is 0 Å². The molecule has 1 aromatic heterocycles. The van der Waals surface area contributed by atoms with Gasteiger partial charge < -0.3 is 5.11 Å². The first-order valence-corrected chi connectivity index (χ1v) is 5.57. The third-order valence-corrected chi connectivity index (χ3v) is 2.62. The molecule has 5 nitrogen and oxygen atoms in total. The van der Waals surface area contributed by atoms with E-state index in [2.05, 4.69) is 5.10 Å². The molecule has 0 radical (unpaired) electrons. The zero-order chi connectivity index (χ0) is 13.1. The number of carboxylic acids is 1. The highest BCUT2D eigenvalue weighted by atomic mass is 35.5. The van der Waals surface area contributed by atoms with E-state index < -0.39 is 5.97 Å². The van der Waals surface area contributed by atoms with Crippen LogP contribution in [-0.2, 0) is 6.54 Å². The number of halogens is 1. The van der Waals surface area contributed by atoms with Gasteiger partial charge in [0.1, 0.15) is 0 Å². The van der Waals surface area contributed by atoms with Gasteiger partial charge in [-0.2, -0.15) is 5.10 Å². The molecule has 0 aliphatic rings. The monoisotopic (exact) mass is 264 g/mol. The fraction of sp³-hybridized carbons (Fsp3) is 0.0833. The van der Waals surface area contributed by atoms with Crippen molar-refractivity contribution in [1.82, 2.24) is 9.78 Å². The fourth-order valence-electron chi connectivity index (χ4n) is 1.66. The lowest BCUT2D eigenvalue weighted by atomic mass is 10.1. The number of fused-ring (bicyclic) bond motifs is 1. The van der Waals surface area contributed by atoms with Gasteiger partial charge in [-0.1, -0.05) is 35.9 Å². The molecule has 0 aliphatic heterocycles. The Morgan fingerprint density at radius 2 is 2.06 bits per heavy atom. The Labute approximate surface area is 107 Å². The number of carboxylic acid groups (broad SMARTS) is 1. The van der Waals surface area contributed by atoms with Crippen molar-refractivity contribution in [2.75, 3.05) is 0 Å². The number of allylic oxidation sites excluding steroid dienone is 1. The van der Waals surface area contributed by atoms with Crippen LogP contribution >= 0.6 is 11.6 Å². The predicted molar refractivity (Wildman–Crippen MR) is 68.0 cm³/mol. The summed E-state index contributed by atoms with van der Waals surface area (Å²) in [5, 5.41) is 13.6. The van der Waals surface area contributed by atoms with Crippen LogP contribution in [0.15, 0.2) is 40.7 Å². The summed E-state index contributed by atoms with van der Waals surface area (Å²) in [5.41, 5.74) is 0.766. The van der Waals surface area contributed by atoms with Gasteiger partial charge in [-0.3, -0.25) is 4.79 Å². The van der Waals surface area contributed by atoms with Gasteiger partial charge in [0.05, 0.1) is 11.9 Å². The van der Waals surface area contributed by atoms with Gasteiger partial charge in [-0.25, -0.2) is 9.48 Å². The van der Waals surface area contributed by atoms with E-state index in [0.29, 0.717) is 10.8 Å². The maximum absolute atomic E-state index is 12.0. The Balaban J connectivity index is 2.79. The van der Waals surface area contributed by atoms with Gasteiger partial charge in [0.15, 0.2) is 5.69 Å². The number of aromatic nitrogens is 2. The molecule has 18 heavy (non-hydrogen) atoms. The van der Waals surface area contributed by atoms with Gasteiger partial charge in [0.25, 0.3) is 5.56 Å². The molecule has 0 bridgehead atoms. The molecule has 0 saturated heterocycles. The topological polar surface area (TPSA) is 72.2 Å². The number of hydrogen-bond donors (Lipinski definition) is 1.